The largest absolute Gasteiger partial charge is 0.475 e. The fourth-order valence-corrected chi connectivity index (χ4v) is 1.03. The number of hydrazine groups is 1. The van der Waals surface area contributed by atoms with E-state index in [9.17, 15) is 4.79 Å². The number of methoxy groups -OCH3 is 1. The van der Waals surface area contributed by atoms with Crippen LogP contribution >= 0.6 is 0 Å². The molecule has 0 aromatic carbocycles. The third-order valence-corrected chi connectivity index (χ3v) is 1.71. The lowest BCUT2D eigenvalue weighted by atomic mass is 10.3. The minimum atomic E-state index is -0.774. The zero-order valence-electron chi connectivity index (χ0n) is 8.64. The van der Waals surface area contributed by atoms with Gasteiger partial charge in [-0.2, -0.15) is 5.10 Å². The van der Waals surface area contributed by atoms with Crippen molar-refractivity contribution in [2.24, 2.45) is 12.9 Å². The van der Waals surface area contributed by atoms with Crippen LogP contribution in [-0.2, 0) is 16.6 Å². The van der Waals surface area contributed by atoms with Gasteiger partial charge in [-0.05, 0) is 0 Å². The van der Waals surface area contributed by atoms with Gasteiger partial charge in [-0.3, -0.25) is 14.9 Å². The summed E-state index contributed by atoms with van der Waals surface area (Å²) in [7, 11) is 3.23. The van der Waals surface area contributed by atoms with Gasteiger partial charge in [-0.15, -0.1) is 0 Å². The first kappa shape index (κ1) is 11.5. The van der Waals surface area contributed by atoms with Crippen LogP contribution < -0.4 is 16.0 Å². The highest BCUT2D eigenvalue weighted by Crippen LogP contribution is 2.09. The number of amides is 1. The zero-order valence-corrected chi connectivity index (χ0v) is 8.64. The average Bonchev–Trinajstić information content (AvgIpc) is 2.62. The molecule has 0 aliphatic rings. The summed E-state index contributed by atoms with van der Waals surface area (Å²) in [6, 6.07) is 0. The summed E-state index contributed by atoms with van der Waals surface area (Å²) in [5, 5.41) is 3.90. The summed E-state index contributed by atoms with van der Waals surface area (Å²) < 4.78 is 11.7. The van der Waals surface area contributed by atoms with Crippen molar-refractivity contribution in [1.82, 2.24) is 15.2 Å². The highest BCUT2D eigenvalue weighted by atomic mass is 16.5. The second-order valence-electron chi connectivity index (χ2n) is 2.92. The van der Waals surface area contributed by atoms with Gasteiger partial charge in [-0.25, -0.2) is 5.84 Å². The molecule has 1 heterocycles. The number of nitrogens with two attached hydrogens (primary N) is 1. The molecule has 0 spiro atoms. The summed E-state index contributed by atoms with van der Waals surface area (Å²) in [5.74, 6) is 5.05. The summed E-state index contributed by atoms with van der Waals surface area (Å²) in [4.78, 5) is 11.2. The third kappa shape index (κ3) is 3.22. The number of nitrogens with one attached hydrogen (secondary N) is 1. The molecule has 0 aliphatic heterocycles. The SMILES string of the molecule is COCC(Oc1cnn(C)c1)C(=O)NN. The van der Waals surface area contributed by atoms with E-state index in [2.05, 4.69) is 5.10 Å². The van der Waals surface area contributed by atoms with E-state index in [0.717, 1.165) is 0 Å². The number of rotatable bonds is 5. The van der Waals surface area contributed by atoms with Crippen LogP contribution in [0.5, 0.6) is 5.75 Å². The summed E-state index contributed by atoms with van der Waals surface area (Å²) in [5.41, 5.74) is 2.01. The third-order valence-electron chi connectivity index (χ3n) is 1.71. The summed E-state index contributed by atoms with van der Waals surface area (Å²) in [6.45, 7) is 0.123. The quantitative estimate of drug-likeness (QED) is 0.365. The van der Waals surface area contributed by atoms with E-state index < -0.39 is 12.0 Å². The van der Waals surface area contributed by atoms with Gasteiger partial charge >= 0.3 is 0 Å². The van der Waals surface area contributed by atoms with Gasteiger partial charge in [-0.1, -0.05) is 0 Å². The van der Waals surface area contributed by atoms with Crippen LogP contribution in [0.2, 0.25) is 0 Å². The second-order valence-corrected chi connectivity index (χ2v) is 2.92. The highest BCUT2D eigenvalue weighted by molar-refractivity contribution is 5.80. The van der Waals surface area contributed by atoms with Crippen LogP contribution in [-0.4, -0.2) is 35.5 Å². The second kappa shape index (κ2) is 5.32. The van der Waals surface area contributed by atoms with Gasteiger partial charge in [0.05, 0.1) is 19.0 Å². The molecule has 7 nitrogen and oxygen atoms in total. The minimum absolute atomic E-state index is 0.123. The molecule has 15 heavy (non-hydrogen) atoms. The number of aryl methyl sites for hydroxylation is 1. The van der Waals surface area contributed by atoms with Gasteiger partial charge in [0.25, 0.3) is 5.91 Å². The molecule has 0 bridgehead atoms. The monoisotopic (exact) mass is 214 g/mol. The lowest BCUT2D eigenvalue weighted by Crippen LogP contribution is -2.44. The van der Waals surface area contributed by atoms with Crippen LogP contribution in [0.25, 0.3) is 0 Å². The first-order chi connectivity index (χ1) is 7.17. The van der Waals surface area contributed by atoms with Crippen molar-refractivity contribution < 1.29 is 14.3 Å². The Morgan fingerprint density at radius 2 is 2.53 bits per heavy atom. The maximum absolute atomic E-state index is 11.2. The molecule has 0 saturated heterocycles. The van der Waals surface area contributed by atoms with Crippen molar-refractivity contribution in [2.75, 3.05) is 13.7 Å². The molecule has 0 fully saturated rings. The van der Waals surface area contributed by atoms with Crippen molar-refractivity contribution >= 4 is 5.91 Å². The number of carbonyl (C=O) groups is 1. The van der Waals surface area contributed by atoms with Crippen molar-refractivity contribution in [1.29, 1.82) is 0 Å². The lowest BCUT2D eigenvalue weighted by Gasteiger charge is -2.14. The molecular weight excluding hydrogens is 200 g/mol. The van der Waals surface area contributed by atoms with Crippen LogP contribution in [0.4, 0.5) is 0 Å². The molecule has 7 heteroatoms. The Morgan fingerprint density at radius 1 is 1.80 bits per heavy atom. The lowest BCUT2D eigenvalue weighted by molar-refractivity contribution is -0.130. The Kier molecular flexibility index (Phi) is 4.07. The maximum atomic E-state index is 11.2. The fraction of sp³-hybridized carbons (Fsp3) is 0.500. The van der Waals surface area contributed by atoms with E-state index in [1.165, 1.54) is 13.3 Å². The molecule has 3 N–H and O–H groups in total. The molecule has 1 amide bonds. The Labute approximate surface area is 87.1 Å². The van der Waals surface area contributed by atoms with Crippen LogP contribution in [0, 0.1) is 0 Å². The number of nitrogens with zero attached hydrogens (tertiary/aromatic N) is 2. The standard InChI is InChI=1S/C8H14N4O3/c1-12-4-6(3-10-12)15-7(5-14-2)8(13)11-9/h3-4,7H,5,9H2,1-2H3,(H,11,13). The number of ether oxygens (including phenoxy) is 2. The van der Waals surface area contributed by atoms with Gasteiger partial charge < -0.3 is 9.47 Å². The van der Waals surface area contributed by atoms with E-state index in [-0.39, 0.29) is 6.61 Å². The predicted octanol–water partition coefficient (Wildman–Crippen LogP) is -1.20. The Morgan fingerprint density at radius 3 is 3.00 bits per heavy atom. The topological polar surface area (TPSA) is 91.4 Å². The molecule has 1 unspecified atom stereocenters. The number of hydrogen-bond donors (Lipinski definition) is 2. The van der Waals surface area contributed by atoms with Crippen molar-refractivity contribution in [2.45, 2.75) is 6.10 Å². The Balaban J connectivity index is 2.62. The Bertz CT molecular complexity index is 325. The smallest absolute Gasteiger partial charge is 0.277 e. The van der Waals surface area contributed by atoms with E-state index in [1.807, 2.05) is 5.43 Å². The van der Waals surface area contributed by atoms with E-state index in [4.69, 9.17) is 15.3 Å². The molecule has 1 atom stereocenters. The van der Waals surface area contributed by atoms with Crippen LogP contribution in [0.3, 0.4) is 0 Å². The summed E-state index contributed by atoms with van der Waals surface area (Å²) >= 11 is 0. The number of hydrogen-bond acceptors (Lipinski definition) is 5. The summed E-state index contributed by atoms with van der Waals surface area (Å²) in [6.07, 6.45) is 2.38. The van der Waals surface area contributed by atoms with Crippen LogP contribution in [0.15, 0.2) is 12.4 Å². The highest BCUT2D eigenvalue weighted by Gasteiger charge is 2.19. The molecule has 84 valence electrons. The molecule has 1 rings (SSSR count). The number of aromatic nitrogens is 2. The maximum Gasteiger partial charge on any atom is 0.277 e. The normalized spacial score (nSPS) is 12.2. The predicted molar refractivity (Wildman–Crippen MR) is 51.8 cm³/mol. The van der Waals surface area contributed by atoms with E-state index in [0.29, 0.717) is 5.75 Å². The molecule has 0 aliphatic carbocycles. The van der Waals surface area contributed by atoms with Gasteiger partial charge in [0.1, 0.15) is 0 Å². The van der Waals surface area contributed by atoms with Crippen molar-refractivity contribution in [3.05, 3.63) is 12.4 Å². The molecule has 1 aromatic heterocycles. The first-order valence-electron chi connectivity index (χ1n) is 4.32. The molecule has 0 radical (unpaired) electrons. The first-order valence-corrected chi connectivity index (χ1v) is 4.32. The van der Waals surface area contributed by atoms with Crippen molar-refractivity contribution in [3.63, 3.8) is 0 Å². The minimum Gasteiger partial charge on any atom is -0.475 e. The average molecular weight is 214 g/mol. The van der Waals surface area contributed by atoms with E-state index >= 15 is 0 Å². The van der Waals surface area contributed by atoms with Crippen LogP contribution in [0.1, 0.15) is 0 Å². The van der Waals surface area contributed by atoms with Crippen molar-refractivity contribution in [3.8, 4) is 5.75 Å². The van der Waals surface area contributed by atoms with E-state index in [1.54, 1.807) is 17.9 Å². The molecule has 0 saturated carbocycles. The van der Waals surface area contributed by atoms with Gasteiger partial charge in [0.15, 0.2) is 5.75 Å². The van der Waals surface area contributed by atoms with Gasteiger partial charge in [0, 0.05) is 14.2 Å². The van der Waals surface area contributed by atoms with Gasteiger partial charge in [0.2, 0.25) is 6.10 Å². The zero-order chi connectivity index (χ0) is 11.3. The molecular formula is C8H14N4O3. The Hall–Kier alpha value is -1.60. The fourth-order valence-electron chi connectivity index (χ4n) is 1.03. The molecule has 1 aromatic rings. The number of carbonyl (C=O) groups excluding carboxylic acids is 1.